The number of hydrogen-bond acceptors (Lipinski definition) is 3. The van der Waals surface area contributed by atoms with Crippen molar-refractivity contribution in [1.82, 2.24) is 15.1 Å². The minimum Gasteiger partial charge on any atom is -0.356 e. The van der Waals surface area contributed by atoms with Gasteiger partial charge in [0.1, 0.15) is 0 Å². The number of carbonyl (C=O) groups is 1. The number of nitrogens with zero attached hydrogens (tertiary/aromatic N) is 2. The highest BCUT2D eigenvalue weighted by molar-refractivity contribution is 5.75. The van der Waals surface area contributed by atoms with Crippen molar-refractivity contribution in [2.24, 2.45) is 5.41 Å². The predicted octanol–water partition coefficient (Wildman–Crippen LogP) is 2.34. The molecule has 4 heteroatoms. The maximum atomic E-state index is 11.8. The molecule has 0 bridgehead atoms. The summed E-state index contributed by atoms with van der Waals surface area (Å²) in [7, 11) is 0. The first kappa shape index (κ1) is 18.4. The zero-order chi connectivity index (χ0) is 16.1. The third kappa shape index (κ3) is 7.82. The minimum absolute atomic E-state index is 0.166. The Kier molecular flexibility index (Phi) is 6.67. The lowest BCUT2D eigenvalue weighted by Crippen LogP contribution is -2.53. The number of carbonyl (C=O) groups excluding carboxylic acids is 1. The molecular weight excluding hydrogens is 262 g/mol. The zero-order valence-electron chi connectivity index (χ0n) is 15.0. The van der Waals surface area contributed by atoms with Gasteiger partial charge in [-0.1, -0.05) is 20.8 Å². The van der Waals surface area contributed by atoms with E-state index in [-0.39, 0.29) is 16.9 Å². The summed E-state index contributed by atoms with van der Waals surface area (Å²) in [5.41, 5.74) is 0.442. The van der Waals surface area contributed by atoms with Crippen molar-refractivity contribution in [2.45, 2.75) is 59.9 Å². The van der Waals surface area contributed by atoms with E-state index in [0.29, 0.717) is 6.42 Å². The first-order chi connectivity index (χ1) is 9.58. The molecule has 1 aliphatic heterocycles. The van der Waals surface area contributed by atoms with Crippen molar-refractivity contribution in [3.63, 3.8) is 0 Å². The van der Waals surface area contributed by atoms with E-state index in [2.05, 4.69) is 56.7 Å². The Balaban J connectivity index is 2.13. The lowest BCUT2D eigenvalue weighted by molar-refractivity contribution is -0.121. The number of nitrogens with one attached hydrogen (secondary N) is 1. The minimum atomic E-state index is 0.166. The fraction of sp³-hybridized carbons (Fsp3) is 0.941. The predicted molar refractivity (Wildman–Crippen MR) is 89.5 cm³/mol. The first-order valence-corrected chi connectivity index (χ1v) is 8.32. The van der Waals surface area contributed by atoms with Crippen LogP contribution >= 0.6 is 0 Å². The molecule has 0 aliphatic carbocycles. The third-order valence-electron chi connectivity index (χ3n) is 4.02. The Bertz CT molecular complexity index is 320. The van der Waals surface area contributed by atoms with E-state index in [4.69, 9.17) is 0 Å². The lowest BCUT2D eigenvalue weighted by atomic mass is 9.97. The Hall–Kier alpha value is -0.610. The van der Waals surface area contributed by atoms with E-state index < -0.39 is 0 Å². The Morgan fingerprint density at radius 3 is 2.05 bits per heavy atom. The summed E-state index contributed by atoms with van der Waals surface area (Å²) in [6, 6.07) is 0. The Labute approximate surface area is 131 Å². The highest BCUT2D eigenvalue weighted by Crippen LogP contribution is 2.16. The van der Waals surface area contributed by atoms with Crippen LogP contribution in [0.25, 0.3) is 0 Å². The molecule has 1 heterocycles. The molecule has 21 heavy (non-hydrogen) atoms. The van der Waals surface area contributed by atoms with Gasteiger partial charge >= 0.3 is 0 Å². The smallest absolute Gasteiger partial charge is 0.220 e. The van der Waals surface area contributed by atoms with Gasteiger partial charge in [0.25, 0.3) is 0 Å². The van der Waals surface area contributed by atoms with E-state index in [9.17, 15) is 4.79 Å². The van der Waals surface area contributed by atoms with Crippen LogP contribution in [0.1, 0.15) is 54.4 Å². The summed E-state index contributed by atoms with van der Waals surface area (Å²) in [6.07, 6.45) is 1.61. The van der Waals surface area contributed by atoms with Gasteiger partial charge in [0.05, 0.1) is 0 Å². The maximum Gasteiger partial charge on any atom is 0.220 e. The summed E-state index contributed by atoms with van der Waals surface area (Å²) in [5, 5.41) is 3.02. The summed E-state index contributed by atoms with van der Waals surface area (Å²) >= 11 is 0. The largest absolute Gasteiger partial charge is 0.356 e. The van der Waals surface area contributed by atoms with Gasteiger partial charge in [-0.2, -0.15) is 0 Å². The van der Waals surface area contributed by atoms with Crippen molar-refractivity contribution < 1.29 is 4.79 Å². The van der Waals surface area contributed by atoms with Crippen LogP contribution in [-0.2, 0) is 4.79 Å². The Morgan fingerprint density at radius 2 is 1.57 bits per heavy atom. The van der Waals surface area contributed by atoms with Crippen LogP contribution in [0.15, 0.2) is 0 Å². The number of rotatable bonds is 5. The van der Waals surface area contributed by atoms with Crippen molar-refractivity contribution in [1.29, 1.82) is 0 Å². The van der Waals surface area contributed by atoms with E-state index in [0.717, 1.165) is 45.7 Å². The molecule has 1 N–H and O–H groups in total. The molecule has 4 nitrogen and oxygen atoms in total. The monoisotopic (exact) mass is 297 g/mol. The molecule has 0 unspecified atom stereocenters. The first-order valence-electron chi connectivity index (χ1n) is 8.32. The molecule has 0 radical (unpaired) electrons. The van der Waals surface area contributed by atoms with Gasteiger partial charge in [0.15, 0.2) is 0 Å². The van der Waals surface area contributed by atoms with Gasteiger partial charge in [0.2, 0.25) is 5.91 Å². The summed E-state index contributed by atoms with van der Waals surface area (Å²) < 4.78 is 0. The van der Waals surface area contributed by atoms with Gasteiger partial charge in [-0.3, -0.25) is 9.69 Å². The van der Waals surface area contributed by atoms with Crippen LogP contribution in [0, 0.1) is 5.41 Å². The second kappa shape index (κ2) is 7.59. The Morgan fingerprint density at radius 1 is 1.00 bits per heavy atom. The zero-order valence-corrected chi connectivity index (χ0v) is 15.0. The molecule has 1 aliphatic rings. The standard InChI is InChI=1S/C17H35N3O/c1-16(2,3)14-18-15(21)8-7-9-19-10-12-20(13-11-19)17(4,5)6/h7-14H2,1-6H3,(H,18,21). The van der Waals surface area contributed by atoms with Gasteiger partial charge < -0.3 is 10.2 Å². The second-order valence-corrected chi connectivity index (χ2v) is 8.44. The molecule has 1 amide bonds. The van der Waals surface area contributed by atoms with Gasteiger partial charge in [-0.05, 0) is 39.2 Å². The molecule has 0 atom stereocenters. The fourth-order valence-electron chi connectivity index (χ4n) is 2.56. The van der Waals surface area contributed by atoms with E-state index in [1.807, 2.05) is 0 Å². The molecular formula is C17H35N3O. The fourth-order valence-corrected chi connectivity index (χ4v) is 2.56. The molecule has 1 fully saturated rings. The number of hydrogen-bond donors (Lipinski definition) is 1. The number of piperazine rings is 1. The number of amides is 1. The van der Waals surface area contributed by atoms with E-state index in [1.165, 1.54) is 0 Å². The van der Waals surface area contributed by atoms with Crippen LogP contribution in [0.4, 0.5) is 0 Å². The molecule has 0 spiro atoms. The summed E-state index contributed by atoms with van der Waals surface area (Å²) in [6.45, 7) is 19.6. The van der Waals surface area contributed by atoms with Crippen molar-refractivity contribution >= 4 is 5.91 Å². The van der Waals surface area contributed by atoms with Crippen LogP contribution < -0.4 is 5.32 Å². The topological polar surface area (TPSA) is 35.6 Å². The van der Waals surface area contributed by atoms with Gasteiger partial charge in [0, 0.05) is 44.7 Å². The molecule has 0 saturated carbocycles. The highest BCUT2D eigenvalue weighted by atomic mass is 16.1. The van der Waals surface area contributed by atoms with E-state index in [1.54, 1.807) is 0 Å². The maximum absolute atomic E-state index is 11.8. The average Bonchev–Trinajstić information content (AvgIpc) is 2.35. The quantitative estimate of drug-likeness (QED) is 0.846. The molecule has 1 rings (SSSR count). The summed E-state index contributed by atoms with van der Waals surface area (Å²) in [5.74, 6) is 0.193. The van der Waals surface area contributed by atoms with Crippen molar-refractivity contribution in [3.05, 3.63) is 0 Å². The van der Waals surface area contributed by atoms with Gasteiger partial charge in [-0.15, -0.1) is 0 Å². The molecule has 0 aromatic carbocycles. The van der Waals surface area contributed by atoms with E-state index >= 15 is 0 Å². The average molecular weight is 297 g/mol. The molecule has 1 saturated heterocycles. The molecule has 0 aromatic rings. The third-order valence-corrected chi connectivity index (χ3v) is 4.02. The van der Waals surface area contributed by atoms with Crippen LogP contribution in [0.5, 0.6) is 0 Å². The van der Waals surface area contributed by atoms with Crippen LogP contribution in [0.2, 0.25) is 0 Å². The summed E-state index contributed by atoms with van der Waals surface area (Å²) in [4.78, 5) is 16.8. The van der Waals surface area contributed by atoms with Gasteiger partial charge in [-0.25, -0.2) is 0 Å². The molecule has 0 aromatic heterocycles. The van der Waals surface area contributed by atoms with Crippen molar-refractivity contribution in [2.75, 3.05) is 39.3 Å². The van der Waals surface area contributed by atoms with Crippen LogP contribution in [-0.4, -0.2) is 60.5 Å². The SMILES string of the molecule is CC(C)(C)CNC(=O)CCCN1CCN(C(C)(C)C)CC1. The van der Waals surface area contributed by atoms with Crippen molar-refractivity contribution in [3.8, 4) is 0 Å². The normalized spacial score (nSPS) is 18.8. The second-order valence-electron chi connectivity index (χ2n) is 8.44. The highest BCUT2D eigenvalue weighted by Gasteiger charge is 2.25. The van der Waals surface area contributed by atoms with Crippen LogP contribution in [0.3, 0.4) is 0 Å². The lowest BCUT2D eigenvalue weighted by Gasteiger charge is -2.42. The molecule has 124 valence electrons.